The maximum Gasteiger partial charge on any atom is 0.310 e. The van der Waals surface area contributed by atoms with Gasteiger partial charge in [0.05, 0.1) is 19.6 Å². The number of methoxy groups -OCH3 is 1. The van der Waals surface area contributed by atoms with E-state index in [4.69, 9.17) is 9.47 Å². The van der Waals surface area contributed by atoms with Crippen molar-refractivity contribution in [1.82, 2.24) is 0 Å². The number of hydrogen-bond acceptors (Lipinski definition) is 4. The molecule has 0 aliphatic carbocycles. The molecule has 4 nitrogen and oxygen atoms in total. The van der Waals surface area contributed by atoms with Crippen molar-refractivity contribution in [2.75, 3.05) is 13.7 Å². The van der Waals surface area contributed by atoms with E-state index in [0.29, 0.717) is 29.9 Å². The van der Waals surface area contributed by atoms with Gasteiger partial charge in [0.2, 0.25) is 0 Å². The summed E-state index contributed by atoms with van der Waals surface area (Å²) in [5.41, 5.74) is 3.21. The molecule has 4 rings (SSSR count). The third kappa shape index (κ3) is 3.33. The highest BCUT2D eigenvalue weighted by Gasteiger charge is 2.38. The van der Waals surface area contributed by atoms with E-state index in [0.717, 1.165) is 11.1 Å². The number of carbonyl (C=O) groups is 1. The molecule has 0 aromatic heterocycles. The van der Waals surface area contributed by atoms with Gasteiger partial charge in [-0.05, 0) is 29.7 Å². The Balaban J connectivity index is 1.92. The van der Waals surface area contributed by atoms with Gasteiger partial charge >= 0.3 is 5.97 Å². The summed E-state index contributed by atoms with van der Waals surface area (Å²) < 4.78 is 10.8. The number of benzene rings is 3. The molecular formula is C24H22O4. The number of esters is 1. The molecule has 2 atom stereocenters. The quantitative estimate of drug-likeness (QED) is 0.654. The van der Waals surface area contributed by atoms with E-state index in [1.807, 2.05) is 72.8 Å². The van der Waals surface area contributed by atoms with E-state index < -0.39 is 0 Å². The van der Waals surface area contributed by atoms with Gasteiger partial charge < -0.3 is 14.6 Å². The van der Waals surface area contributed by atoms with E-state index in [2.05, 4.69) is 0 Å². The zero-order chi connectivity index (χ0) is 19.5. The highest BCUT2D eigenvalue weighted by atomic mass is 16.5. The molecule has 1 N–H and O–H groups in total. The summed E-state index contributed by atoms with van der Waals surface area (Å²) >= 11 is 0. The van der Waals surface area contributed by atoms with Crippen molar-refractivity contribution in [2.24, 2.45) is 5.92 Å². The van der Waals surface area contributed by atoms with Crippen LogP contribution in [0.4, 0.5) is 0 Å². The fourth-order valence-corrected chi connectivity index (χ4v) is 3.93. The lowest BCUT2D eigenvalue weighted by molar-refractivity contribution is -0.141. The number of phenols is 1. The molecule has 0 amide bonds. The van der Waals surface area contributed by atoms with Crippen molar-refractivity contribution in [3.05, 3.63) is 83.9 Å². The number of ether oxygens (including phenoxy) is 2. The molecule has 1 heterocycles. The van der Waals surface area contributed by atoms with Gasteiger partial charge in [0.1, 0.15) is 11.5 Å². The summed E-state index contributed by atoms with van der Waals surface area (Å²) in [5, 5.41) is 11.2. The first kappa shape index (κ1) is 18.1. The number of cyclic esters (lactones) is 1. The Morgan fingerprint density at radius 3 is 2.32 bits per heavy atom. The first-order chi connectivity index (χ1) is 13.7. The first-order valence-corrected chi connectivity index (χ1v) is 9.37. The predicted molar refractivity (Wildman–Crippen MR) is 107 cm³/mol. The number of hydrogen-bond donors (Lipinski definition) is 1. The first-order valence-electron chi connectivity index (χ1n) is 9.37. The van der Waals surface area contributed by atoms with Crippen molar-refractivity contribution < 1.29 is 19.4 Å². The highest BCUT2D eigenvalue weighted by Crippen LogP contribution is 2.46. The van der Waals surface area contributed by atoms with Crippen LogP contribution in [0.5, 0.6) is 11.5 Å². The number of aromatic hydroxyl groups is 1. The molecule has 1 fully saturated rings. The van der Waals surface area contributed by atoms with Crippen LogP contribution in [0.15, 0.2) is 72.8 Å². The van der Waals surface area contributed by atoms with E-state index in [9.17, 15) is 9.90 Å². The van der Waals surface area contributed by atoms with Crippen LogP contribution in [0, 0.1) is 5.92 Å². The second kappa shape index (κ2) is 7.77. The van der Waals surface area contributed by atoms with E-state index in [1.165, 1.54) is 0 Å². The van der Waals surface area contributed by atoms with Crippen LogP contribution >= 0.6 is 0 Å². The van der Waals surface area contributed by atoms with Gasteiger partial charge in [-0.3, -0.25) is 4.79 Å². The molecule has 142 valence electrons. The molecule has 0 radical (unpaired) electrons. The lowest BCUT2D eigenvalue weighted by atomic mass is 9.78. The highest BCUT2D eigenvalue weighted by molar-refractivity contribution is 5.79. The average molecular weight is 374 g/mol. The van der Waals surface area contributed by atoms with Crippen LogP contribution in [0.2, 0.25) is 0 Å². The Morgan fingerprint density at radius 2 is 1.71 bits per heavy atom. The lowest BCUT2D eigenvalue weighted by Gasteiger charge is -2.24. The maximum atomic E-state index is 12.4. The normalized spacial score (nSPS) is 17.2. The smallest absolute Gasteiger partial charge is 0.310 e. The van der Waals surface area contributed by atoms with Crippen LogP contribution in [-0.4, -0.2) is 24.8 Å². The van der Waals surface area contributed by atoms with Crippen molar-refractivity contribution in [3.8, 4) is 22.6 Å². The van der Waals surface area contributed by atoms with Crippen LogP contribution in [0.3, 0.4) is 0 Å². The van der Waals surface area contributed by atoms with Crippen molar-refractivity contribution in [2.45, 2.75) is 12.3 Å². The summed E-state index contributed by atoms with van der Waals surface area (Å²) in [6.45, 7) is 0.406. The molecule has 1 saturated heterocycles. The molecule has 1 aliphatic rings. The minimum Gasteiger partial charge on any atom is -0.507 e. The summed E-state index contributed by atoms with van der Waals surface area (Å²) in [6.07, 6.45) is 0.621. The summed E-state index contributed by atoms with van der Waals surface area (Å²) in [4.78, 5) is 12.4. The van der Waals surface area contributed by atoms with Crippen molar-refractivity contribution in [3.63, 3.8) is 0 Å². The minimum atomic E-state index is -0.343. The van der Waals surface area contributed by atoms with Gasteiger partial charge in [0, 0.05) is 17.0 Å². The molecule has 4 heteroatoms. The van der Waals surface area contributed by atoms with Crippen LogP contribution < -0.4 is 4.74 Å². The van der Waals surface area contributed by atoms with Gasteiger partial charge in [0.25, 0.3) is 0 Å². The van der Waals surface area contributed by atoms with Gasteiger partial charge in [-0.1, -0.05) is 60.7 Å². The topological polar surface area (TPSA) is 55.8 Å². The number of phenolic OH excluding ortho intramolecular Hbond substituents is 1. The van der Waals surface area contributed by atoms with Crippen LogP contribution in [-0.2, 0) is 9.53 Å². The van der Waals surface area contributed by atoms with Crippen LogP contribution in [0.25, 0.3) is 11.1 Å². The van der Waals surface area contributed by atoms with Gasteiger partial charge in [-0.15, -0.1) is 0 Å². The van der Waals surface area contributed by atoms with E-state index in [1.54, 1.807) is 7.11 Å². The Kier molecular flexibility index (Phi) is 5.02. The zero-order valence-corrected chi connectivity index (χ0v) is 15.7. The lowest BCUT2D eigenvalue weighted by Crippen LogP contribution is -2.19. The van der Waals surface area contributed by atoms with E-state index in [-0.39, 0.29) is 23.6 Å². The monoisotopic (exact) mass is 374 g/mol. The summed E-state index contributed by atoms with van der Waals surface area (Å²) in [5.74, 6) is -0.0744. The average Bonchev–Trinajstić information content (AvgIpc) is 3.16. The fraction of sp³-hybridized carbons (Fsp3) is 0.208. The molecule has 0 bridgehead atoms. The van der Waals surface area contributed by atoms with Crippen molar-refractivity contribution >= 4 is 5.97 Å². The molecule has 2 unspecified atom stereocenters. The Bertz CT molecular complexity index is 967. The molecule has 3 aromatic rings. The van der Waals surface area contributed by atoms with Crippen LogP contribution in [0.1, 0.15) is 23.5 Å². The van der Waals surface area contributed by atoms with Gasteiger partial charge in [-0.25, -0.2) is 0 Å². The fourth-order valence-electron chi connectivity index (χ4n) is 3.93. The third-order valence-corrected chi connectivity index (χ3v) is 5.31. The Labute approximate surface area is 164 Å². The Morgan fingerprint density at radius 1 is 1.04 bits per heavy atom. The van der Waals surface area contributed by atoms with E-state index >= 15 is 0 Å². The molecular weight excluding hydrogens is 352 g/mol. The van der Waals surface area contributed by atoms with Gasteiger partial charge in [0.15, 0.2) is 0 Å². The predicted octanol–water partition coefficient (Wildman–Crippen LogP) is 4.76. The molecule has 28 heavy (non-hydrogen) atoms. The second-order valence-corrected chi connectivity index (χ2v) is 6.93. The molecule has 0 saturated carbocycles. The SMILES string of the molecule is COc1cc(-c2ccccc2)c(O)c(C(c2ccccc2)C2CCOC2=O)c1. The largest absolute Gasteiger partial charge is 0.507 e. The standard InChI is InChI=1S/C24H22O4/c1-27-18-14-20(16-8-4-2-5-9-16)23(25)21(15-18)22(17-10-6-3-7-11-17)19-12-13-28-24(19)26/h2-11,14-15,19,22,25H,12-13H2,1H3. The third-order valence-electron chi connectivity index (χ3n) is 5.31. The second-order valence-electron chi connectivity index (χ2n) is 6.93. The zero-order valence-electron chi connectivity index (χ0n) is 15.7. The summed E-state index contributed by atoms with van der Waals surface area (Å²) in [6, 6.07) is 23.1. The maximum absolute atomic E-state index is 12.4. The minimum absolute atomic E-state index is 0.167. The molecule has 1 aliphatic heterocycles. The van der Waals surface area contributed by atoms with Crippen molar-refractivity contribution in [1.29, 1.82) is 0 Å². The summed E-state index contributed by atoms with van der Waals surface area (Å²) in [7, 11) is 1.60. The number of carbonyl (C=O) groups excluding carboxylic acids is 1. The Hall–Kier alpha value is -3.27. The number of rotatable bonds is 5. The molecule has 3 aromatic carbocycles. The van der Waals surface area contributed by atoms with Gasteiger partial charge in [-0.2, -0.15) is 0 Å². The molecule has 0 spiro atoms.